The van der Waals surface area contributed by atoms with E-state index in [0.29, 0.717) is 19.3 Å². The van der Waals surface area contributed by atoms with Crippen LogP contribution in [0.4, 0.5) is 0 Å². The molecule has 0 saturated carbocycles. The second kappa shape index (κ2) is 36.2. The predicted octanol–water partition coefficient (Wildman–Crippen LogP) is 9.61. The largest absolute Gasteiger partial charge is 0.480 e. The topological polar surface area (TPSA) is 169 Å². The highest BCUT2D eigenvalue weighted by molar-refractivity contribution is 7.47. The van der Waals surface area contributed by atoms with Crippen molar-refractivity contribution in [1.82, 2.24) is 5.32 Å². The number of nitrogens with one attached hydrogen (secondary N) is 1. The number of allylic oxidation sites excluding steroid dienone is 10. The summed E-state index contributed by atoms with van der Waals surface area (Å²) in [6.07, 6.45) is 39.7. The van der Waals surface area contributed by atoms with Gasteiger partial charge in [-0.1, -0.05) is 145 Å². The van der Waals surface area contributed by atoms with Crippen molar-refractivity contribution in [2.75, 3.05) is 19.8 Å². The van der Waals surface area contributed by atoms with Gasteiger partial charge in [0.25, 0.3) is 0 Å². The highest BCUT2D eigenvalue weighted by atomic mass is 31.2. The molecular weight excluding hydrogens is 697 g/mol. The first kappa shape index (κ1) is 50.2. The van der Waals surface area contributed by atoms with Gasteiger partial charge < -0.3 is 25.2 Å². The van der Waals surface area contributed by atoms with Crippen molar-refractivity contribution < 1.29 is 47.8 Å². The number of carboxylic acids is 1. The first-order valence-corrected chi connectivity index (χ1v) is 21.3. The Morgan fingerprint density at radius 2 is 1.09 bits per heavy atom. The summed E-state index contributed by atoms with van der Waals surface area (Å²) in [5, 5.41) is 21.7. The molecule has 4 N–H and O–H groups in total. The molecule has 0 radical (unpaired) electrons. The van der Waals surface area contributed by atoms with E-state index < -0.39 is 57.6 Å². The van der Waals surface area contributed by atoms with Crippen molar-refractivity contribution >= 4 is 25.7 Å². The Morgan fingerprint density at radius 1 is 0.623 bits per heavy atom. The highest BCUT2D eigenvalue weighted by Gasteiger charge is 2.28. The summed E-state index contributed by atoms with van der Waals surface area (Å²) in [6, 6.07) is -1.58. The number of carbonyl (C=O) groups excluding carboxylic acids is 2. The van der Waals surface area contributed by atoms with Crippen LogP contribution in [0, 0.1) is 0 Å². The number of amides is 1. The lowest BCUT2D eigenvalue weighted by atomic mass is 10.0. The summed E-state index contributed by atoms with van der Waals surface area (Å²) in [5.41, 5.74) is 0. The van der Waals surface area contributed by atoms with E-state index in [1.807, 2.05) is 12.2 Å². The number of unbranched alkanes of at least 4 members (excludes halogenated alkanes) is 12. The third kappa shape index (κ3) is 36.0. The molecule has 0 aromatic carbocycles. The molecule has 0 aliphatic heterocycles. The lowest BCUT2D eigenvalue weighted by molar-refractivity contribution is -0.147. The number of hydrogen-bond donors (Lipinski definition) is 4. The molecule has 0 heterocycles. The number of esters is 1. The van der Waals surface area contributed by atoms with Crippen LogP contribution in [0.5, 0.6) is 0 Å². The fourth-order valence-corrected chi connectivity index (χ4v) is 5.77. The van der Waals surface area contributed by atoms with Gasteiger partial charge in [-0.2, -0.15) is 0 Å². The number of hydrogen-bond acceptors (Lipinski definition) is 8. The number of aliphatic carboxylic acids is 1. The third-order valence-corrected chi connectivity index (χ3v) is 9.02. The zero-order valence-corrected chi connectivity index (χ0v) is 33.4. The molecule has 0 aliphatic rings. The van der Waals surface area contributed by atoms with Crippen LogP contribution < -0.4 is 5.32 Å². The Hall–Kier alpha value is -2.82. The van der Waals surface area contributed by atoms with Gasteiger partial charge in [0.1, 0.15) is 12.7 Å². The molecule has 53 heavy (non-hydrogen) atoms. The summed E-state index contributed by atoms with van der Waals surface area (Å²) in [6.45, 7) is 2.41. The van der Waals surface area contributed by atoms with Crippen molar-refractivity contribution in [3.8, 4) is 0 Å². The van der Waals surface area contributed by atoms with Crippen LogP contribution in [0.15, 0.2) is 60.8 Å². The molecule has 0 aromatic heterocycles. The van der Waals surface area contributed by atoms with Crippen molar-refractivity contribution in [2.45, 2.75) is 161 Å². The lowest BCUT2D eigenvalue weighted by Gasteiger charge is -2.18. The van der Waals surface area contributed by atoms with Gasteiger partial charge in [-0.25, -0.2) is 9.36 Å². The summed E-state index contributed by atoms with van der Waals surface area (Å²) >= 11 is 0. The van der Waals surface area contributed by atoms with E-state index in [1.165, 1.54) is 51.4 Å². The summed E-state index contributed by atoms with van der Waals surface area (Å²) in [7, 11) is -4.77. The Bertz CT molecular complexity index is 1130. The van der Waals surface area contributed by atoms with Crippen molar-refractivity contribution in [2.24, 2.45) is 0 Å². The van der Waals surface area contributed by atoms with E-state index in [9.17, 15) is 34.1 Å². The van der Waals surface area contributed by atoms with E-state index in [0.717, 1.165) is 51.4 Å². The number of ether oxygens (including phenoxy) is 1. The van der Waals surface area contributed by atoms with Gasteiger partial charge >= 0.3 is 19.8 Å². The number of carbonyl (C=O) groups is 3. The predicted molar refractivity (Wildman–Crippen MR) is 212 cm³/mol. The van der Waals surface area contributed by atoms with Crippen LogP contribution in [0.2, 0.25) is 0 Å². The van der Waals surface area contributed by atoms with Crippen molar-refractivity contribution in [3.05, 3.63) is 60.8 Å². The van der Waals surface area contributed by atoms with Gasteiger partial charge in [0.2, 0.25) is 5.91 Å². The molecule has 0 saturated heterocycles. The molecule has 3 atom stereocenters. The number of phosphoric ester groups is 1. The maximum atomic E-state index is 12.2. The van der Waals surface area contributed by atoms with Crippen LogP contribution in [0.25, 0.3) is 0 Å². The minimum Gasteiger partial charge on any atom is -0.480 e. The molecule has 0 bridgehead atoms. The standard InChI is InChI=1S/C41H70NO10P/c1-3-5-7-9-11-13-15-17-18-19-20-21-22-24-26-28-30-32-39(44)42-38(41(46)47)36-52-53(48,49)51-35-37(43)34-50-40(45)33-31-29-27-25-23-16-14-12-10-8-6-4-2/h5,7,11,13,17-18,20-21,24,26,37-38,43H,3-4,6,8-10,12,14-16,19,22-23,25,27-36H2,1-2H3,(H,42,44)(H,46,47)(H,48,49)/b7-5-,13-11-,18-17-,21-20-,26-24-. The van der Waals surface area contributed by atoms with Gasteiger partial charge in [0.15, 0.2) is 6.04 Å². The molecule has 0 aromatic rings. The van der Waals surface area contributed by atoms with Crippen LogP contribution in [0.1, 0.15) is 149 Å². The minimum atomic E-state index is -4.77. The van der Waals surface area contributed by atoms with E-state index >= 15 is 0 Å². The monoisotopic (exact) mass is 767 g/mol. The molecule has 0 aliphatic carbocycles. The number of aliphatic hydroxyl groups is 1. The maximum Gasteiger partial charge on any atom is 0.472 e. The van der Waals surface area contributed by atoms with Gasteiger partial charge in [-0.15, -0.1) is 0 Å². The highest BCUT2D eigenvalue weighted by Crippen LogP contribution is 2.43. The quantitative estimate of drug-likeness (QED) is 0.0208. The molecular formula is C41H70NO10P. The number of carboxylic acid groups (broad SMARTS) is 1. The van der Waals surface area contributed by atoms with Crippen molar-refractivity contribution in [3.63, 3.8) is 0 Å². The van der Waals surface area contributed by atoms with E-state index in [-0.39, 0.29) is 12.8 Å². The van der Waals surface area contributed by atoms with Gasteiger partial charge in [0, 0.05) is 12.8 Å². The third-order valence-electron chi connectivity index (χ3n) is 8.07. The SMILES string of the molecule is CC/C=C\C/C=C\C/C=C\C/C=C\C/C=C\CCCC(=O)NC(COP(=O)(O)OCC(O)COC(=O)CCCCCCCCCCCCCC)C(=O)O. The molecule has 1 amide bonds. The van der Waals surface area contributed by atoms with Crippen LogP contribution in [0.3, 0.4) is 0 Å². The van der Waals surface area contributed by atoms with E-state index in [2.05, 4.69) is 67.8 Å². The van der Waals surface area contributed by atoms with Crippen LogP contribution >= 0.6 is 7.82 Å². The average Bonchev–Trinajstić information content (AvgIpc) is 3.13. The van der Waals surface area contributed by atoms with Gasteiger partial charge in [-0.05, 0) is 51.4 Å². The van der Waals surface area contributed by atoms with Gasteiger partial charge in [-0.3, -0.25) is 18.6 Å². The number of rotatable bonds is 36. The second-order valence-corrected chi connectivity index (χ2v) is 14.5. The first-order chi connectivity index (χ1) is 25.6. The Morgan fingerprint density at radius 3 is 1.60 bits per heavy atom. The second-order valence-electron chi connectivity index (χ2n) is 13.1. The minimum absolute atomic E-state index is 0.0651. The molecule has 11 nitrogen and oxygen atoms in total. The van der Waals surface area contributed by atoms with Crippen LogP contribution in [-0.2, 0) is 32.7 Å². The Labute approximate surface area is 319 Å². The molecule has 304 valence electrons. The van der Waals surface area contributed by atoms with E-state index in [4.69, 9.17) is 13.8 Å². The smallest absolute Gasteiger partial charge is 0.472 e. The molecule has 0 fully saturated rings. The summed E-state index contributed by atoms with van der Waals surface area (Å²) in [4.78, 5) is 45.7. The van der Waals surface area contributed by atoms with Crippen molar-refractivity contribution in [1.29, 1.82) is 0 Å². The molecule has 0 spiro atoms. The van der Waals surface area contributed by atoms with Crippen LogP contribution in [-0.4, -0.2) is 64.9 Å². The summed E-state index contributed by atoms with van der Waals surface area (Å²) < 4.78 is 26.7. The molecule has 3 unspecified atom stereocenters. The Balaban J connectivity index is 4.06. The fourth-order valence-electron chi connectivity index (χ4n) is 5.00. The molecule has 0 rings (SSSR count). The Kier molecular flexibility index (Phi) is 34.2. The van der Waals surface area contributed by atoms with Gasteiger partial charge in [0.05, 0.1) is 13.2 Å². The number of aliphatic hydroxyl groups excluding tert-OH is 1. The summed E-state index contributed by atoms with van der Waals surface area (Å²) in [5.74, 6) is -2.46. The average molecular weight is 768 g/mol. The van der Waals surface area contributed by atoms with E-state index in [1.54, 1.807) is 0 Å². The molecule has 12 heteroatoms. The zero-order valence-electron chi connectivity index (χ0n) is 32.5. The lowest BCUT2D eigenvalue weighted by Crippen LogP contribution is -2.43. The first-order valence-electron chi connectivity index (χ1n) is 19.8. The number of phosphoric acid groups is 1. The zero-order chi connectivity index (χ0) is 39.3. The normalized spacial score (nSPS) is 14.5. The fraction of sp³-hybridized carbons (Fsp3) is 0.683. The maximum absolute atomic E-state index is 12.2.